The highest BCUT2D eigenvalue weighted by Gasteiger charge is 2.36. The van der Waals surface area contributed by atoms with Gasteiger partial charge in [0.1, 0.15) is 0 Å². The van der Waals surface area contributed by atoms with Crippen molar-refractivity contribution in [3.05, 3.63) is 41.7 Å². The summed E-state index contributed by atoms with van der Waals surface area (Å²) < 4.78 is 0. The molecule has 1 heterocycles. The van der Waals surface area contributed by atoms with Gasteiger partial charge in [0.25, 0.3) is 5.91 Å². The Morgan fingerprint density at radius 3 is 2.86 bits per heavy atom. The van der Waals surface area contributed by atoms with Crippen molar-refractivity contribution in [3.63, 3.8) is 0 Å². The largest absolute Gasteiger partial charge is 0.342 e. The minimum absolute atomic E-state index is 0.133. The van der Waals surface area contributed by atoms with E-state index >= 15 is 0 Å². The quantitative estimate of drug-likeness (QED) is 0.870. The molecule has 0 radical (unpaired) electrons. The second kappa shape index (κ2) is 6.35. The zero-order valence-corrected chi connectivity index (χ0v) is 12.0. The number of carbonyl (C=O) groups is 1. The fourth-order valence-electron chi connectivity index (χ4n) is 2.26. The lowest BCUT2D eigenvalue weighted by Crippen LogP contribution is -2.30. The van der Waals surface area contributed by atoms with E-state index in [-0.39, 0.29) is 11.9 Å². The lowest BCUT2D eigenvalue weighted by atomic mass is 10.1. The second-order valence-electron chi connectivity index (χ2n) is 5.31. The van der Waals surface area contributed by atoms with Crippen LogP contribution in [0.4, 0.5) is 0 Å². The summed E-state index contributed by atoms with van der Waals surface area (Å²) in [5, 5.41) is 23.8. The average molecular weight is 296 g/mol. The molecule has 1 aliphatic carbocycles. The van der Waals surface area contributed by atoms with E-state index < -0.39 is 0 Å². The zero-order valence-electron chi connectivity index (χ0n) is 12.0. The van der Waals surface area contributed by atoms with E-state index in [0.29, 0.717) is 30.3 Å². The Morgan fingerprint density at radius 1 is 1.41 bits per heavy atom. The van der Waals surface area contributed by atoms with E-state index in [9.17, 15) is 4.79 Å². The monoisotopic (exact) mass is 296 g/mol. The molecule has 1 amide bonds. The van der Waals surface area contributed by atoms with Crippen LogP contribution in [-0.4, -0.2) is 26.1 Å². The van der Waals surface area contributed by atoms with Crippen molar-refractivity contribution in [2.75, 3.05) is 0 Å². The molecule has 2 aromatic rings. The molecule has 7 heteroatoms. The molecule has 0 saturated heterocycles. The lowest BCUT2D eigenvalue weighted by Gasteiger charge is -2.14. The van der Waals surface area contributed by atoms with Crippen LogP contribution in [0.3, 0.4) is 0 Å². The number of nitrogens with one attached hydrogen (secondary N) is 1. The molecule has 7 nitrogen and oxygen atoms in total. The Balaban J connectivity index is 1.72. The summed E-state index contributed by atoms with van der Waals surface area (Å²) in [7, 11) is 0. The van der Waals surface area contributed by atoms with Crippen molar-refractivity contribution in [1.82, 2.24) is 25.5 Å². The number of hydrogen-bond acceptors (Lipinski definition) is 5. The van der Waals surface area contributed by atoms with Gasteiger partial charge in [0.15, 0.2) is 5.82 Å². The van der Waals surface area contributed by atoms with E-state index in [2.05, 4.69) is 20.7 Å². The second-order valence-corrected chi connectivity index (χ2v) is 5.31. The number of benzene rings is 1. The molecule has 0 unspecified atom stereocenters. The van der Waals surface area contributed by atoms with Gasteiger partial charge in [-0.3, -0.25) is 4.79 Å². The molecule has 22 heavy (non-hydrogen) atoms. The smallest absolute Gasteiger partial charge is 0.251 e. The standard InChI is InChI=1S/C15H16N6O/c16-9-4-10-21-19-14(18-20-21)13(11-7-8-11)17-15(22)12-5-2-1-3-6-12/h1-3,5-6,11,13H,4,7-8,10H2,(H,17,22)/t13-/m0/s1. The Bertz CT molecular complexity index is 686. The molecule has 0 bridgehead atoms. The normalized spacial score (nSPS) is 15.0. The summed E-state index contributed by atoms with van der Waals surface area (Å²) in [6.07, 6.45) is 2.43. The molecule has 1 saturated carbocycles. The van der Waals surface area contributed by atoms with Crippen LogP contribution in [-0.2, 0) is 6.54 Å². The predicted octanol–water partition coefficient (Wildman–Crippen LogP) is 1.47. The summed E-state index contributed by atoms with van der Waals surface area (Å²) in [5.41, 5.74) is 0.616. The highest BCUT2D eigenvalue weighted by atomic mass is 16.1. The number of nitriles is 1. The summed E-state index contributed by atoms with van der Waals surface area (Å²) in [4.78, 5) is 13.7. The van der Waals surface area contributed by atoms with Crippen LogP contribution in [0.5, 0.6) is 0 Å². The minimum atomic E-state index is -0.219. The van der Waals surface area contributed by atoms with Gasteiger partial charge in [-0.25, -0.2) is 0 Å². The SMILES string of the molecule is N#CCCn1nnc([C@@H](NC(=O)c2ccccc2)C2CC2)n1. The molecule has 3 rings (SSSR count). The molecule has 0 spiro atoms. The average Bonchev–Trinajstić information content (AvgIpc) is 3.29. The maximum absolute atomic E-state index is 12.3. The number of amides is 1. The molecule has 1 aliphatic rings. The number of tetrazole rings is 1. The predicted molar refractivity (Wildman–Crippen MR) is 77.4 cm³/mol. The first kappa shape index (κ1) is 14.2. The Morgan fingerprint density at radius 2 is 2.18 bits per heavy atom. The number of nitrogens with zero attached hydrogens (tertiary/aromatic N) is 5. The number of aryl methyl sites for hydroxylation is 1. The van der Waals surface area contributed by atoms with Gasteiger partial charge >= 0.3 is 0 Å². The van der Waals surface area contributed by atoms with Crippen molar-refractivity contribution in [1.29, 1.82) is 5.26 Å². The molecule has 1 N–H and O–H groups in total. The molecule has 112 valence electrons. The van der Waals surface area contributed by atoms with Crippen molar-refractivity contribution in [2.24, 2.45) is 5.92 Å². The van der Waals surface area contributed by atoms with Crippen molar-refractivity contribution >= 4 is 5.91 Å². The van der Waals surface area contributed by atoms with Crippen LogP contribution in [0.15, 0.2) is 30.3 Å². The molecule has 1 aromatic heterocycles. The van der Waals surface area contributed by atoms with E-state index in [1.54, 1.807) is 12.1 Å². The molecule has 0 aliphatic heterocycles. The van der Waals surface area contributed by atoms with E-state index in [1.165, 1.54) is 4.80 Å². The van der Waals surface area contributed by atoms with Gasteiger partial charge in [-0.15, -0.1) is 10.2 Å². The first-order valence-corrected chi connectivity index (χ1v) is 7.28. The number of hydrogen-bond donors (Lipinski definition) is 1. The van der Waals surface area contributed by atoms with Gasteiger partial charge in [0, 0.05) is 5.56 Å². The van der Waals surface area contributed by atoms with E-state index in [4.69, 9.17) is 5.26 Å². The van der Waals surface area contributed by atoms with Crippen LogP contribution in [0.1, 0.15) is 41.5 Å². The molecular formula is C15H16N6O. The van der Waals surface area contributed by atoms with Gasteiger partial charge in [-0.05, 0) is 36.1 Å². The van der Waals surface area contributed by atoms with Gasteiger partial charge in [-0.1, -0.05) is 18.2 Å². The summed E-state index contributed by atoms with van der Waals surface area (Å²) >= 11 is 0. The highest BCUT2D eigenvalue weighted by Crippen LogP contribution is 2.39. The van der Waals surface area contributed by atoms with Crippen LogP contribution >= 0.6 is 0 Å². The first-order chi connectivity index (χ1) is 10.8. The third-order valence-corrected chi connectivity index (χ3v) is 3.59. The zero-order chi connectivity index (χ0) is 15.4. The molecule has 1 aromatic carbocycles. The van der Waals surface area contributed by atoms with E-state index in [1.807, 2.05) is 24.3 Å². The van der Waals surface area contributed by atoms with Crippen molar-refractivity contribution in [3.8, 4) is 6.07 Å². The Labute approximate surface area is 127 Å². The summed E-state index contributed by atoms with van der Waals surface area (Å²) in [5.74, 6) is 0.747. The van der Waals surface area contributed by atoms with Crippen molar-refractivity contribution in [2.45, 2.75) is 31.8 Å². The fourth-order valence-corrected chi connectivity index (χ4v) is 2.26. The van der Waals surface area contributed by atoms with Crippen LogP contribution < -0.4 is 5.32 Å². The Hall–Kier alpha value is -2.75. The third-order valence-electron chi connectivity index (χ3n) is 3.59. The van der Waals surface area contributed by atoms with Gasteiger partial charge < -0.3 is 5.32 Å². The van der Waals surface area contributed by atoms with Gasteiger partial charge in [-0.2, -0.15) is 10.1 Å². The van der Waals surface area contributed by atoms with Gasteiger partial charge in [0.2, 0.25) is 0 Å². The van der Waals surface area contributed by atoms with Gasteiger partial charge in [0.05, 0.1) is 25.1 Å². The van der Waals surface area contributed by atoms with Crippen LogP contribution in [0.2, 0.25) is 0 Å². The lowest BCUT2D eigenvalue weighted by molar-refractivity contribution is 0.0929. The number of rotatable bonds is 6. The summed E-state index contributed by atoms with van der Waals surface area (Å²) in [6, 6.07) is 10.9. The van der Waals surface area contributed by atoms with Crippen LogP contribution in [0.25, 0.3) is 0 Å². The third kappa shape index (κ3) is 3.28. The first-order valence-electron chi connectivity index (χ1n) is 7.28. The molecule has 1 fully saturated rings. The van der Waals surface area contributed by atoms with E-state index in [0.717, 1.165) is 12.8 Å². The Kier molecular flexibility index (Phi) is 4.10. The summed E-state index contributed by atoms with van der Waals surface area (Å²) in [6.45, 7) is 0.410. The van der Waals surface area contributed by atoms with Crippen LogP contribution in [0, 0.1) is 17.2 Å². The highest BCUT2D eigenvalue weighted by molar-refractivity contribution is 5.94. The molecule has 1 atom stereocenters. The minimum Gasteiger partial charge on any atom is -0.342 e. The number of aromatic nitrogens is 4. The van der Waals surface area contributed by atoms with Crippen molar-refractivity contribution < 1.29 is 4.79 Å². The fraction of sp³-hybridized carbons (Fsp3) is 0.400. The topological polar surface area (TPSA) is 96.5 Å². The number of carbonyl (C=O) groups excluding carboxylic acids is 1. The molecular weight excluding hydrogens is 280 g/mol. The maximum atomic E-state index is 12.3. The maximum Gasteiger partial charge on any atom is 0.251 e.